The van der Waals surface area contributed by atoms with E-state index in [1.165, 1.54) is 11.3 Å². The fraction of sp³-hybridized carbons (Fsp3) is 0.400. The summed E-state index contributed by atoms with van der Waals surface area (Å²) in [7, 11) is 5.55. The number of carbonyl (C=O) groups excluding carboxylic acids is 1. The maximum atomic E-state index is 12.9. The summed E-state index contributed by atoms with van der Waals surface area (Å²) >= 11 is 1.52. The highest BCUT2D eigenvalue weighted by atomic mass is 32.1. The van der Waals surface area contributed by atoms with Crippen LogP contribution in [0.2, 0.25) is 0 Å². The van der Waals surface area contributed by atoms with E-state index in [1.54, 1.807) is 18.1 Å². The van der Waals surface area contributed by atoms with Crippen LogP contribution in [0.1, 0.15) is 37.1 Å². The van der Waals surface area contributed by atoms with Crippen molar-refractivity contribution in [3.05, 3.63) is 44.5 Å². The molecule has 0 saturated heterocycles. The van der Waals surface area contributed by atoms with Gasteiger partial charge in [-0.05, 0) is 39.3 Å². The fourth-order valence-electron chi connectivity index (χ4n) is 2.76. The second-order valence-corrected chi connectivity index (χ2v) is 8.41. The number of anilines is 1. The van der Waals surface area contributed by atoms with E-state index in [1.807, 2.05) is 52.8 Å². The third kappa shape index (κ3) is 3.77. The average molecular weight is 400 g/mol. The van der Waals surface area contributed by atoms with Crippen LogP contribution in [0.25, 0.3) is 11.3 Å². The second kappa shape index (κ2) is 7.71. The van der Waals surface area contributed by atoms with Gasteiger partial charge in [0.25, 0.3) is 5.91 Å². The Kier molecular flexibility index (Phi) is 5.51. The molecular weight excluding hydrogens is 374 g/mol. The van der Waals surface area contributed by atoms with Crippen LogP contribution in [0.5, 0.6) is 0 Å². The molecule has 0 N–H and O–H groups in total. The van der Waals surface area contributed by atoms with Gasteiger partial charge in [-0.1, -0.05) is 5.16 Å². The Labute approximate surface area is 169 Å². The van der Waals surface area contributed by atoms with Crippen LogP contribution in [0.15, 0.2) is 16.8 Å². The molecule has 0 aliphatic rings. The normalized spacial score (nSPS) is 11.0. The standard InChI is InChI=1S/C20H25N5O2S/c1-11-8-17(28-14(11)4)19(26)25(7)10-16-15(9-21-20(22-16)24(5)6)18-12(2)13(3)23-27-18/h8-9H,10H2,1-7H3. The van der Waals surface area contributed by atoms with E-state index >= 15 is 0 Å². The van der Waals surface area contributed by atoms with Crippen molar-refractivity contribution in [1.82, 2.24) is 20.0 Å². The Morgan fingerprint density at radius 3 is 2.43 bits per heavy atom. The van der Waals surface area contributed by atoms with Crippen LogP contribution in [0.3, 0.4) is 0 Å². The van der Waals surface area contributed by atoms with Gasteiger partial charge in [-0.2, -0.15) is 0 Å². The summed E-state index contributed by atoms with van der Waals surface area (Å²) in [5, 5.41) is 4.05. The zero-order chi connectivity index (χ0) is 20.6. The lowest BCUT2D eigenvalue weighted by molar-refractivity contribution is 0.0788. The molecule has 0 fully saturated rings. The van der Waals surface area contributed by atoms with Gasteiger partial charge < -0.3 is 14.3 Å². The number of carbonyl (C=O) groups is 1. The smallest absolute Gasteiger partial charge is 0.264 e. The molecule has 0 radical (unpaired) electrons. The molecule has 1 amide bonds. The molecule has 0 saturated carbocycles. The van der Waals surface area contributed by atoms with Crippen molar-refractivity contribution in [1.29, 1.82) is 0 Å². The Hall–Kier alpha value is -2.74. The molecule has 0 aliphatic heterocycles. The predicted molar refractivity (Wildman–Crippen MR) is 111 cm³/mol. The van der Waals surface area contributed by atoms with E-state index in [0.717, 1.165) is 37.8 Å². The lowest BCUT2D eigenvalue weighted by Gasteiger charge is -2.19. The first-order valence-electron chi connectivity index (χ1n) is 8.98. The number of rotatable bonds is 5. The average Bonchev–Trinajstić information content (AvgIpc) is 3.16. The Balaban J connectivity index is 1.97. The van der Waals surface area contributed by atoms with Gasteiger partial charge in [0.05, 0.1) is 28.4 Å². The van der Waals surface area contributed by atoms with Crippen molar-refractivity contribution in [2.45, 2.75) is 34.2 Å². The summed E-state index contributed by atoms with van der Waals surface area (Å²) in [5.41, 5.74) is 4.38. The lowest BCUT2D eigenvalue weighted by atomic mass is 10.1. The van der Waals surface area contributed by atoms with Crippen molar-refractivity contribution in [2.24, 2.45) is 0 Å². The number of thiophene rings is 1. The zero-order valence-corrected chi connectivity index (χ0v) is 18.1. The Morgan fingerprint density at radius 2 is 1.89 bits per heavy atom. The molecule has 3 rings (SSSR count). The highest BCUT2D eigenvalue weighted by molar-refractivity contribution is 7.14. The van der Waals surface area contributed by atoms with E-state index in [4.69, 9.17) is 4.52 Å². The molecule has 0 aliphatic carbocycles. The number of nitrogens with zero attached hydrogens (tertiary/aromatic N) is 5. The molecule has 0 spiro atoms. The molecule has 148 valence electrons. The quantitative estimate of drug-likeness (QED) is 0.650. The van der Waals surface area contributed by atoms with E-state index in [2.05, 4.69) is 15.1 Å². The van der Waals surface area contributed by atoms with E-state index < -0.39 is 0 Å². The maximum absolute atomic E-state index is 12.9. The van der Waals surface area contributed by atoms with Crippen molar-refractivity contribution in [2.75, 3.05) is 26.0 Å². The van der Waals surface area contributed by atoms with E-state index in [9.17, 15) is 4.79 Å². The van der Waals surface area contributed by atoms with Crippen LogP contribution in [0, 0.1) is 27.7 Å². The van der Waals surface area contributed by atoms with Gasteiger partial charge in [-0.25, -0.2) is 9.97 Å². The summed E-state index contributed by atoms with van der Waals surface area (Å²) in [6.07, 6.45) is 1.74. The highest BCUT2D eigenvalue weighted by Gasteiger charge is 2.22. The molecule has 28 heavy (non-hydrogen) atoms. The molecule has 0 aromatic carbocycles. The van der Waals surface area contributed by atoms with Gasteiger partial charge in [-0.15, -0.1) is 11.3 Å². The van der Waals surface area contributed by atoms with Crippen LogP contribution < -0.4 is 4.90 Å². The monoisotopic (exact) mass is 399 g/mol. The molecule has 3 aromatic heterocycles. The summed E-state index contributed by atoms with van der Waals surface area (Å²) in [6, 6.07) is 1.94. The SMILES string of the molecule is Cc1cc(C(=O)N(C)Cc2nc(N(C)C)ncc2-c2onc(C)c2C)sc1C. The minimum atomic E-state index is -0.0253. The lowest BCUT2D eigenvalue weighted by Crippen LogP contribution is -2.27. The van der Waals surface area contributed by atoms with Crippen molar-refractivity contribution < 1.29 is 9.32 Å². The predicted octanol–water partition coefficient (Wildman–Crippen LogP) is 3.76. The summed E-state index contributed by atoms with van der Waals surface area (Å²) in [4.78, 5) is 27.4. The highest BCUT2D eigenvalue weighted by Crippen LogP contribution is 2.29. The molecule has 7 nitrogen and oxygen atoms in total. The van der Waals surface area contributed by atoms with Gasteiger partial charge in [0.2, 0.25) is 5.95 Å². The first kappa shape index (κ1) is 20.0. The molecule has 3 heterocycles. The van der Waals surface area contributed by atoms with E-state index in [-0.39, 0.29) is 5.91 Å². The van der Waals surface area contributed by atoms with Gasteiger partial charge >= 0.3 is 0 Å². The van der Waals surface area contributed by atoms with Gasteiger partial charge in [0.15, 0.2) is 5.76 Å². The summed E-state index contributed by atoms with van der Waals surface area (Å²) in [5.74, 6) is 1.19. The molecular formula is C20H25N5O2S. The molecule has 0 atom stereocenters. The summed E-state index contributed by atoms with van der Waals surface area (Å²) in [6.45, 7) is 8.24. The Morgan fingerprint density at radius 1 is 1.18 bits per heavy atom. The van der Waals surface area contributed by atoms with Crippen LogP contribution >= 0.6 is 11.3 Å². The van der Waals surface area contributed by atoms with E-state index in [0.29, 0.717) is 18.3 Å². The van der Waals surface area contributed by atoms with Gasteiger partial charge in [-0.3, -0.25) is 4.79 Å². The van der Waals surface area contributed by atoms with Crippen LogP contribution in [-0.2, 0) is 6.54 Å². The molecule has 8 heteroatoms. The fourth-order valence-corrected chi connectivity index (χ4v) is 3.79. The maximum Gasteiger partial charge on any atom is 0.264 e. The molecule has 0 bridgehead atoms. The molecule has 3 aromatic rings. The number of aryl methyl sites for hydroxylation is 3. The zero-order valence-electron chi connectivity index (χ0n) is 17.3. The summed E-state index contributed by atoms with van der Waals surface area (Å²) < 4.78 is 5.52. The topological polar surface area (TPSA) is 75.4 Å². The number of aromatic nitrogens is 3. The number of amides is 1. The van der Waals surface area contributed by atoms with Crippen molar-refractivity contribution >= 4 is 23.2 Å². The third-order valence-electron chi connectivity index (χ3n) is 4.77. The minimum Gasteiger partial charge on any atom is -0.356 e. The van der Waals surface area contributed by atoms with Crippen LogP contribution in [-0.4, -0.2) is 47.1 Å². The molecule has 0 unspecified atom stereocenters. The number of hydrogen-bond donors (Lipinski definition) is 0. The van der Waals surface area contributed by atoms with Crippen LogP contribution in [0.4, 0.5) is 5.95 Å². The third-order valence-corrected chi connectivity index (χ3v) is 5.91. The number of hydrogen-bond acceptors (Lipinski definition) is 7. The first-order valence-corrected chi connectivity index (χ1v) is 9.79. The van der Waals surface area contributed by atoms with Crippen molar-refractivity contribution in [3.63, 3.8) is 0 Å². The van der Waals surface area contributed by atoms with Gasteiger partial charge in [0.1, 0.15) is 0 Å². The second-order valence-electron chi connectivity index (χ2n) is 7.16. The largest absolute Gasteiger partial charge is 0.356 e. The minimum absolute atomic E-state index is 0.0253. The first-order chi connectivity index (χ1) is 13.2. The van der Waals surface area contributed by atoms with Crippen molar-refractivity contribution in [3.8, 4) is 11.3 Å². The van der Waals surface area contributed by atoms with Gasteiger partial charge in [0, 0.05) is 37.8 Å². The Bertz CT molecular complexity index is 1000.